The lowest BCUT2D eigenvalue weighted by Gasteiger charge is -2.47. The molecule has 0 spiro atoms. The van der Waals surface area contributed by atoms with Gasteiger partial charge in [0.05, 0.1) is 11.6 Å². The zero-order chi connectivity index (χ0) is 19.3. The molecule has 4 nitrogen and oxygen atoms in total. The minimum atomic E-state index is -0.949. The summed E-state index contributed by atoms with van der Waals surface area (Å²) in [6.45, 7) is 6.12. The molecule has 1 fully saturated rings. The number of para-hydroxylation sites is 1. The number of hydrogen-bond donors (Lipinski definition) is 1. The van der Waals surface area contributed by atoms with Crippen molar-refractivity contribution in [3.8, 4) is 0 Å². The number of amides is 1. The molecule has 2 unspecified atom stereocenters. The van der Waals surface area contributed by atoms with Crippen LogP contribution in [0.2, 0.25) is 0 Å². The number of likely N-dealkylation sites (tertiary alicyclic amines) is 1. The number of hydrogen-bond acceptors (Lipinski definition) is 3. The molecule has 27 heavy (non-hydrogen) atoms. The molecule has 1 aliphatic rings. The first-order valence-corrected chi connectivity index (χ1v) is 9.87. The standard InChI is InChI=1S/C23H30N2O2/c1-3-22(26)25(20-12-8-5-9-13-20)21-15-17-24(18-23(21,2)27)16-14-19-10-6-4-7-11-19/h4-13,21,27H,3,14-18H2,1-2H3. The van der Waals surface area contributed by atoms with E-state index in [4.69, 9.17) is 0 Å². The molecule has 1 aliphatic heterocycles. The fourth-order valence-corrected chi connectivity index (χ4v) is 4.04. The van der Waals surface area contributed by atoms with Crippen LogP contribution in [-0.2, 0) is 11.2 Å². The van der Waals surface area contributed by atoms with Crippen LogP contribution < -0.4 is 4.90 Å². The van der Waals surface area contributed by atoms with Crippen LogP contribution in [0.1, 0.15) is 32.3 Å². The third-order valence-corrected chi connectivity index (χ3v) is 5.46. The lowest BCUT2D eigenvalue weighted by atomic mass is 9.87. The van der Waals surface area contributed by atoms with Gasteiger partial charge in [0.15, 0.2) is 0 Å². The van der Waals surface area contributed by atoms with Gasteiger partial charge in [0.25, 0.3) is 0 Å². The Kier molecular flexibility index (Phi) is 6.30. The second-order valence-electron chi connectivity index (χ2n) is 7.63. The van der Waals surface area contributed by atoms with Crippen molar-refractivity contribution in [3.63, 3.8) is 0 Å². The van der Waals surface area contributed by atoms with Crippen molar-refractivity contribution in [1.82, 2.24) is 4.90 Å². The van der Waals surface area contributed by atoms with Crippen LogP contribution in [0.15, 0.2) is 60.7 Å². The molecule has 2 aromatic rings. The van der Waals surface area contributed by atoms with E-state index in [1.807, 2.05) is 55.1 Å². The molecule has 4 heteroatoms. The third kappa shape index (κ3) is 4.76. The first-order valence-electron chi connectivity index (χ1n) is 9.87. The van der Waals surface area contributed by atoms with E-state index in [0.717, 1.165) is 31.6 Å². The summed E-state index contributed by atoms with van der Waals surface area (Å²) in [7, 11) is 0. The van der Waals surface area contributed by atoms with Gasteiger partial charge < -0.3 is 10.0 Å². The molecule has 0 aliphatic carbocycles. The average Bonchev–Trinajstić information content (AvgIpc) is 2.69. The van der Waals surface area contributed by atoms with E-state index in [1.165, 1.54) is 5.56 Å². The van der Waals surface area contributed by atoms with E-state index in [0.29, 0.717) is 13.0 Å². The van der Waals surface area contributed by atoms with E-state index < -0.39 is 5.60 Å². The highest BCUT2D eigenvalue weighted by Gasteiger charge is 2.43. The number of carbonyl (C=O) groups is 1. The van der Waals surface area contributed by atoms with Gasteiger partial charge in [-0.25, -0.2) is 0 Å². The molecule has 3 rings (SSSR count). The number of nitrogens with zero attached hydrogens (tertiary/aromatic N) is 2. The summed E-state index contributed by atoms with van der Waals surface area (Å²) in [6, 6.07) is 20.0. The lowest BCUT2D eigenvalue weighted by molar-refractivity contribution is -0.121. The van der Waals surface area contributed by atoms with Gasteiger partial charge in [-0.05, 0) is 37.5 Å². The topological polar surface area (TPSA) is 43.8 Å². The fraction of sp³-hybridized carbons (Fsp3) is 0.435. The van der Waals surface area contributed by atoms with Gasteiger partial charge >= 0.3 is 0 Å². The molecule has 1 heterocycles. The Bertz CT molecular complexity index is 731. The number of benzene rings is 2. The van der Waals surface area contributed by atoms with Crippen LogP contribution in [0.25, 0.3) is 0 Å². The van der Waals surface area contributed by atoms with Crippen molar-refractivity contribution in [2.75, 3.05) is 24.5 Å². The molecule has 1 saturated heterocycles. The smallest absolute Gasteiger partial charge is 0.227 e. The summed E-state index contributed by atoms with van der Waals surface area (Å²) in [4.78, 5) is 16.8. The van der Waals surface area contributed by atoms with Crippen molar-refractivity contribution < 1.29 is 9.90 Å². The van der Waals surface area contributed by atoms with Crippen LogP contribution in [-0.4, -0.2) is 47.2 Å². The van der Waals surface area contributed by atoms with Crippen LogP contribution in [0.3, 0.4) is 0 Å². The minimum absolute atomic E-state index is 0.0595. The molecule has 0 aromatic heterocycles. The highest BCUT2D eigenvalue weighted by atomic mass is 16.3. The van der Waals surface area contributed by atoms with E-state index in [9.17, 15) is 9.90 Å². The molecular weight excluding hydrogens is 336 g/mol. The first-order chi connectivity index (χ1) is 13.0. The zero-order valence-corrected chi connectivity index (χ0v) is 16.3. The number of carbonyl (C=O) groups excluding carboxylic acids is 1. The van der Waals surface area contributed by atoms with Gasteiger partial charge in [0, 0.05) is 31.7 Å². The maximum atomic E-state index is 12.7. The van der Waals surface area contributed by atoms with Crippen molar-refractivity contribution in [3.05, 3.63) is 66.2 Å². The summed E-state index contributed by atoms with van der Waals surface area (Å²) in [6.07, 6.45) is 2.17. The first kappa shape index (κ1) is 19.6. The number of piperidine rings is 1. The fourth-order valence-electron chi connectivity index (χ4n) is 4.04. The number of β-amino-alcohol motifs (C(OH)–C–C–N with tert-alkyl or cyclic N) is 1. The van der Waals surface area contributed by atoms with Gasteiger partial charge in [-0.2, -0.15) is 0 Å². The van der Waals surface area contributed by atoms with Gasteiger partial charge in [-0.1, -0.05) is 55.5 Å². The van der Waals surface area contributed by atoms with Crippen LogP contribution in [0.5, 0.6) is 0 Å². The summed E-state index contributed by atoms with van der Waals surface area (Å²) >= 11 is 0. The maximum Gasteiger partial charge on any atom is 0.227 e. The van der Waals surface area contributed by atoms with Crippen LogP contribution in [0.4, 0.5) is 5.69 Å². The molecule has 0 radical (unpaired) electrons. The van der Waals surface area contributed by atoms with Crippen molar-refractivity contribution in [2.24, 2.45) is 0 Å². The SMILES string of the molecule is CCC(=O)N(c1ccccc1)C1CCN(CCc2ccccc2)CC1(C)O. The molecule has 0 saturated carbocycles. The normalized spacial score (nSPS) is 23.1. The van der Waals surface area contributed by atoms with Gasteiger partial charge in [-0.3, -0.25) is 9.69 Å². The van der Waals surface area contributed by atoms with E-state index in [1.54, 1.807) is 0 Å². The van der Waals surface area contributed by atoms with Gasteiger partial charge in [-0.15, -0.1) is 0 Å². The zero-order valence-electron chi connectivity index (χ0n) is 16.3. The molecule has 144 valence electrons. The van der Waals surface area contributed by atoms with Crippen LogP contribution in [0, 0.1) is 0 Å². The predicted molar refractivity (Wildman–Crippen MR) is 110 cm³/mol. The lowest BCUT2D eigenvalue weighted by Crippen LogP contribution is -2.62. The van der Waals surface area contributed by atoms with Gasteiger partial charge in [0.2, 0.25) is 5.91 Å². The summed E-state index contributed by atoms with van der Waals surface area (Å²) < 4.78 is 0. The highest BCUT2D eigenvalue weighted by Crippen LogP contribution is 2.30. The number of anilines is 1. The van der Waals surface area contributed by atoms with E-state index in [2.05, 4.69) is 29.2 Å². The number of aliphatic hydroxyl groups is 1. The third-order valence-electron chi connectivity index (χ3n) is 5.46. The molecule has 2 aromatic carbocycles. The summed E-state index contributed by atoms with van der Waals surface area (Å²) in [5.41, 5.74) is 1.23. The Morgan fingerprint density at radius 2 is 1.78 bits per heavy atom. The minimum Gasteiger partial charge on any atom is -0.387 e. The summed E-state index contributed by atoms with van der Waals surface area (Å²) in [5.74, 6) is 0.0595. The predicted octanol–water partition coefficient (Wildman–Crippen LogP) is 3.50. The van der Waals surface area contributed by atoms with E-state index >= 15 is 0 Å². The van der Waals surface area contributed by atoms with Crippen molar-refractivity contribution >= 4 is 11.6 Å². The number of rotatable bonds is 6. The van der Waals surface area contributed by atoms with Gasteiger partial charge in [0.1, 0.15) is 0 Å². The molecule has 1 amide bonds. The highest BCUT2D eigenvalue weighted by molar-refractivity contribution is 5.94. The largest absolute Gasteiger partial charge is 0.387 e. The Morgan fingerprint density at radius 1 is 1.15 bits per heavy atom. The Labute approximate surface area is 162 Å². The quantitative estimate of drug-likeness (QED) is 0.851. The Balaban J connectivity index is 1.71. The van der Waals surface area contributed by atoms with E-state index in [-0.39, 0.29) is 11.9 Å². The molecule has 2 atom stereocenters. The molecular formula is C23H30N2O2. The Hall–Kier alpha value is -2.17. The monoisotopic (exact) mass is 366 g/mol. The van der Waals surface area contributed by atoms with Crippen molar-refractivity contribution in [2.45, 2.75) is 44.8 Å². The van der Waals surface area contributed by atoms with Crippen LogP contribution >= 0.6 is 0 Å². The molecule has 1 N–H and O–H groups in total. The second kappa shape index (κ2) is 8.68. The maximum absolute atomic E-state index is 12.7. The Morgan fingerprint density at radius 3 is 2.37 bits per heavy atom. The average molecular weight is 367 g/mol. The van der Waals surface area contributed by atoms with Crippen molar-refractivity contribution in [1.29, 1.82) is 0 Å². The summed E-state index contributed by atoms with van der Waals surface area (Å²) in [5, 5.41) is 11.2. The second-order valence-corrected chi connectivity index (χ2v) is 7.63. The molecule has 0 bridgehead atoms.